The van der Waals surface area contributed by atoms with E-state index in [0.29, 0.717) is 22.4 Å². The molecule has 26 heavy (non-hydrogen) atoms. The molecule has 0 amide bonds. The maximum Gasteiger partial charge on any atom is 0.433 e. The number of benzene rings is 1. The minimum atomic E-state index is -4.57. The van der Waals surface area contributed by atoms with E-state index in [0.717, 1.165) is 6.07 Å². The number of nitrogens with two attached hydrogens (primary N) is 2. The summed E-state index contributed by atoms with van der Waals surface area (Å²) in [6.07, 6.45) is -4.57. The number of fused-ring (bicyclic) bond motifs is 1. The van der Waals surface area contributed by atoms with Gasteiger partial charge >= 0.3 is 6.18 Å². The lowest BCUT2D eigenvalue weighted by atomic mass is 10.1. The maximum absolute atomic E-state index is 13.0. The first kappa shape index (κ1) is 17.7. The molecule has 0 aliphatic heterocycles. The number of hydrogen-bond donors (Lipinski definition) is 2. The second-order valence-corrected chi connectivity index (χ2v) is 5.43. The van der Waals surface area contributed by atoms with Gasteiger partial charge in [-0.15, -0.1) is 0 Å². The molecule has 2 heterocycles. The second-order valence-electron chi connectivity index (χ2n) is 5.43. The zero-order valence-electron chi connectivity index (χ0n) is 13.7. The normalized spacial score (nSPS) is 11.7. The summed E-state index contributed by atoms with van der Waals surface area (Å²) in [5.74, 6) is 0.682. The summed E-state index contributed by atoms with van der Waals surface area (Å²) < 4.78 is 49.7. The van der Waals surface area contributed by atoms with Crippen LogP contribution in [0, 0.1) is 0 Å². The lowest BCUT2D eigenvalue weighted by molar-refractivity contribution is -0.140. The van der Waals surface area contributed by atoms with Crippen molar-refractivity contribution in [3.8, 4) is 17.2 Å². The Kier molecular flexibility index (Phi) is 4.33. The third-order valence-electron chi connectivity index (χ3n) is 3.75. The van der Waals surface area contributed by atoms with Crippen LogP contribution in [0.3, 0.4) is 0 Å². The Hall–Kier alpha value is -3.07. The summed E-state index contributed by atoms with van der Waals surface area (Å²) in [6, 6.07) is 5.30. The second kappa shape index (κ2) is 6.34. The van der Waals surface area contributed by atoms with Crippen LogP contribution >= 0.6 is 0 Å². The lowest BCUT2D eigenvalue weighted by Gasteiger charge is -2.11. The summed E-state index contributed by atoms with van der Waals surface area (Å²) in [5.41, 5.74) is 11.2. The van der Waals surface area contributed by atoms with Gasteiger partial charge in [0.2, 0.25) is 5.89 Å². The number of methoxy groups -OCH3 is 1. The molecule has 0 radical (unpaired) electrons. The predicted octanol–water partition coefficient (Wildman–Crippen LogP) is 3.31. The van der Waals surface area contributed by atoms with Crippen LogP contribution in [0.5, 0.6) is 5.75 Å². The van der Waals surface area contributed by atoms with Crippen molar-refractivity contribution in [2.24, 2.45) is 11.5 Å². The first-order valence-corrected chi connectivity index (χ1v) is 7.46. The van der Waals surface area contributed by atoms with E-state index in [-0.39, 0.29) is 29.4 Å². The molecule has 9 heteroatoms. The molecule has 2 aromatic heterocycles. The maximum atomic E-state index is 13.0. The fourth-order valence-corrected chi connectivity index (χ4v) is 2.56. The third-order valence-corrected chi connectivity index (χ3v) is 3.75. The number of alkyl halides is 3. The quantitative estimate of drug-likeness (QED) is 0.737. The highest BCUT2D eigenvalue weighted by molar-refractivity contribution is 5.96. The Morgan fingerprint density at radius 2 is 1.96 bits per heavy atom. The van der Waals surface area contributed by atoms with Gasteiger partial charge in [-0.25, -0.2) is 9.97 Å². The Balaban J connectivity index is 2.26. The molecule has 0 aliphatic carbocycles. The molecule has 4 N–H and O–H groups in total. The largest absolute Gasteiger partial charge is 0.494 e. The summed E-state index contributed by atoms with van der Waals surface area (Å²) in [4.78, 5) is 7.97. The smallest absolute Gasteiger partial charge is 0.433 e. The number of pyridine rings is 1. The van der Waals surface area contributed by atoms with Gasteiger partial charge in [-0.1, -0.05) is 6.58 Å². The highest BCUT2D eigenvalue weighted by Crippen LogP contribution is 2.37. The van der Waals surface area contributed by atoms with Gasteiger partial charge in [-0.3, -0.25) is 0 Å². The monoisotopic (exact) mass is 364 g/mol. The van der Waals surface area contributed by atoms with Gasteiger partial charge in [-0.2, -0.15) is 13.2 Å². The molecule has 136 valence electrons. The van der Waals surface area contributed by atoms with Gasteiger partial charge in [0.15, 0.2) is 0 Å². The van der Waals surface area contributed by atoms with Crippen molar-refractivity contribution in [1.82, 2.24) is 9.97 Å². The predicted molar refractivity (Wildman–Crippen MR) is 89.9 cm³/mol. The van der Waals surface area contributed by atoms with Crippen LogP contribution in [0.2, 0.25) is 0 Å². The zero-order valence-corrected chi connectivity index (χ0v) is 13.7. The molecule has 1 aromatic carbocycles. The molecule has 0 spiro atoms. The Labute approximate surface area is 146 Å². The molecule has 0 bridgehead atoms. The Bertz CT molecular complexity index is 996. The number of hydrogen-bond acceptors (Lipinski definition) is 6. The zero-order chi connectivity index (χ0) is 19.1. The van der Waals surface area contributed by atoms with Crippen molar-refractivity contribution in [3.63, 3.8) is 0 Å². The standard InChI is InChI=1S/C17H15F3N4O2/c1-8(22)14-12(7-21)26-16(24-14)10-3-5-11(25-2)15-9(10)4-6-13(23-15)17(18,19)20/h3-6H,1,7,21-22H2,2H3. The average Bonchev–Trinajstić information content (AvgIpc) is 3.04. The van der Waals surface area contributed by atoms with E-state index in [1.807, 2.05) is 0 Å². The molecule has 3 aromatic rings. The Morgan fingerprint density at radius 3 is 2.50 bits per heavy atom. The Morgan fingerprint density at radius 1 is 1.23 bits per heavy atom. The van der Waals surface area contributed by atoms with Crippen LogP contribution in [-0.2, 0) is 12.7 Å². The first-order chi connectivity index (χ1) is 12.3. The minimum absolute atomic E-state index is 0.0421. The average molecular weight is 364 g/mol. The van der Waals surface area contributed by atoms with E-state index in [2.05, 4.69) is 16.5 Å². The van der Waals surface area contributed by atoms with E-state index in [9.17, 15) is 13.2 Å². The summed E-state index contributed by atoms with van der Waals surface area (Å²) in [6.45, 7) is 3.66. The van der Waals surface area contributed by atoms with Crippen molar-refractivity contribution >= 4 is 16.6 Å². The van der Waals surface area contributed by atoms with E-state index in [1.54, 1.807) is 6.07 Å². The van der Waals surface area contributed by atoms with E-state index < -0.39 is 11.9 Å². The molecule has 0 aliphatic rings. The molecule has 0 atom stereocenters. The summed E-state index contributed by atoms with van der Waals surface area (Å²) >= 11 is 0. The van der Waals surface area contributed by atoms with Crippen molar-refractivity contribution in [2.45, 2.75) is 12.7 Å². The van der Waals surface area contributed by atoms with Crippen molar-refractivity contribution in [2.75, 3.05) is 7.11 Å². The molecule has 6 nitrogen and oxygen atoms in total. The lowest BCUT2D eigenvalue weighted by Crippen LogP contribution is -2.08. The third kappa shape index (κ3) is 2.97. The van der Waals surface area contributed by atoms with Gasteiger partial charge in [0.25, 0.3) is 0 Å². The molecule has 0 saturated heterocycles. The van der Waals surface area contributed by atoms with Crippen LogP contribution in [0.1, 0.15) is 17.1 Å². The SMILES string of the molecule is C=C(N)c1nc(-c2ccc(OC)c3nc(C(F)(F)F)ccc23)oc1CN. The molecule has 0 saturated carbocycles. The van der Waals surface area contributed by atoms with Gasteiger partial charge in [0, 0.05) is 10.9 Å². The van der Waals surface area contributed by atoms with Gasteiger partial charge in [0.1, 0.15) is 28.4 Å². The van der Waals surface area contributed by atoms with Crippen LogP contribution in [0.15, 0.2) is 35.3 Å². The van der Waals surface area contributed by atoms with E-state index >= 15 is 0 Å². The summed E-state index contributed by atoms with van der Waals surface area (Å²) in [5, 5.41) is 0.386. The highest BCUT2D eigenvalue weighted by Gasteiger charge is 2.33. The number of ether oxygens (including phenoxy) is 1. The fourth-order valence-electron chi connectivity index (χ4n) is 2.56. The van der Waals surface area contributed by atoms with Crippen LogP contribution in [0.25, 0.3) is 28.1 Å². The van der Waals surface area contributed by atoms with Crippen LogP contribution < -0.4 is 16.2 Å². The fraction of sp³-hybridized carbons (Fsp3) is 0.176. The number of aromatic nitrogens is 2. The molecular formula is C17H15F3N4O2. The number of halogens is 3. The molecule has 3 rings (SSSR count). The summed E-state index contributed by atoms with van der Waals surface area (Å²) in [7, 11) is 1.35. The topological polar surface area (TPSA) is 100 Å². The molecule has 0 fully saturated rings. The van der Waals surface area contributed by atoms with Gasteiger partial charge in [-0.05, 0) is 24.3 Å². The number of oxazole rings is 1. The molecular weight excluding hydrogens is 349 g/mol. The van der Waals surface area contributed by atoms with Gasteiger partial charge in [0.05, 0.1) is 19.4 Å². The van der Waals surface area contributed by atoms with E-state index in [1.165, 1.54) is 19.2 Å². The van der Waals surface area contributed by atoms with Gasteiger partial charge < -0.3 is 20.6 Å². The van der Waals surface area contributed by atoms with Crippen LogP contribution in [-0.4, -0.2) is 17.1 Å². The minimum Gasteiger partial charge on any atom is -0.494 e. The highest BCUT2D eigenvalue weighted by atomic mass is 19.4. The number of rotatable bonds is 4. The first-order valence-electron chi connectivity index (χ1n) is 7.46. The van der Waals surface area contributed by atoms with Crippen molar-refractivity contribution in [1.29, 1.82) is 0 Å². The van der Waals surface area contributed by atoms with Crippen LogP contribution in [0.4, 0.5) is 13.2 Å². The molecule has 0 unspecified atom stereocenters. The van der Waals surface area contributed by atoms with Crippen molar-refractivity contribution in [3.05, 3.63) is 48.0 Å². The van der Waals surface area contributed by atoms with Crippen molar-refractivity contribution < 1.29 is 22.3 Å². The number of nitrogens with zero attached hydrogens (tertiary/aromatic N) is 2. The van der Waals surface area contributed by atoms with E-state index in [4.69, 9.17) is 20.6 Å².